The number of benzene rings is 1. The van der Waals surface area contributed by atoms with Crippen molar-refractivity contribution in [2.45, 2.75) is 68.3 Å². The maximum absolute atomic E-state index is 12.9. The molecule has 0 bridgehead atoms. The van der Waals surface area contributed by atoms with E-state index in [4.69, 9.17) is 11.6 Å². The highest BCUT2D eigenvalue weighted by Gasteiger charge is 2.39. The second-order valence-electron chi connectivity index (χ2n) is 6.92. The molecule has 0 aromatic heterocycles. The zero-order chi connectivity index (χ0) is 17.9. The van der Waals surface area contributed by atoms with Crippen LogP contribution >= 0.6 is 11.6 Å². The lowest BCUT2D eigenvalue weighted by atomic mass is 10.1. The molecule has 1 aliphatic carbocycles. The van der Waals surface area contributed by atoms with Crippen LogP contribution in [0.1, 0.15) is 51.4 Å². The van der Waals surface area contributed by atoms with Gasteiger partial charge in [0.2, 0.25) is 15.9 Å². The van der Waals surface area contributed by atoms with Gasteiger partial charge in [-0.1, -0.05) is 37.3 Å². The van der Waals surface area contributed by atoms with Crippen LogP contribution in [0.5, 0.6) is 0 Å². The van der Waals surface area contributed by atoms with Crippen molar-refractivity contribution in [3.05, 3.63) is 29.3 Å². The van der Waals surface area contributed by atoms with Gasteiger partial charge in [0.25, 0.3) is 0 Å². The zero-order valence-electron chi connectivity index (χ0n) is 14.3. The first-order chi connectivity index (χ1) is 12.0. The molecular formula is C18H25ClN2O3S. The van der Waals surface area contributed by atoms with E-state index in [2.05, 4.69) is 5.32 Å². The molecule has 1 aliphatic heterocycles. The number of halogens is 1. The van der Waals surface area contributed by atoms with Gasteiger partial charge in [0.15, 0.2) is 0 Å². The van der Waals surface area contributed by atoms with Crippen molar-refractivity contribution in [2.75, 3.05) is 6.54 Å². The zero-order valence-corrected chi connectivity index (χ0v) is 15.9. The molecule has 5 nitrogen and oxygen atoms in total. The number of hydrogen-bond donors (Lipinski definition) is 1. The van der Waals surface area contributed by atoms with E-state index < -0.39 is 16.1 Å². The summed E-state index contributed by atoms with van der Waals surface area (Å²) in [6, 6.07) is 5.68. The third-order valence-corrected chi connectivity index (χ3v) is 7.30. The number of nitrogens with zero attached hydrogens (tertiary/aromatic N) is 1. The molecule has 0 radical (unpaired) electrons. The van der Waals surface area contributed by atoms with E-state index >= 15 is 0 Å². The molecule has 138 valence electrons. The summed E-state index contributed by atoms with van der Waals surface area (Å²) in [7, 11) is -3.68. The summed E-state index contributed by atoms with van der Waals surface area (Å²) >= 11 is 5.85. The molecule has 1 unspecified atom stereocenters. The lowest BCUT2D eigenvalue weighted by Crippen LogP contribution is -2.48. The van der Waals surface area contributed by atoms with Crippen molar-refractivity contribution in [3.63, 3.8) is 0 Å². The van der Waals surface area contributed by atoms with Gasteiger partial charge in [-0.3, -0.25) is 4.79 Å². The molecule has 1 atom stereocenters. The standard InChI is InChI=1S/C18H25ClN2O3S/c19-14-9-11-16(12-10-14)25(23,24)21-13-5-8-17(21)18(22)20-15-6-3-1-2-4-7-15/h9-12,15,17H,1-8,13H2,(H,20,22). The summed E-state index contributed by atoms with van der Waals surface area (Å²) in [5.41, 5.74) is 0. The summed E-state index contributed by atoms with van der Waals surface area (Å²) in [4.78, 5) is 12.9. The van der Waals surface area contributed by atoms with E-state index in [1.54, 1.807) is 12.1 Å². The Bertz CT molecular complexity index is 698. The Labute approximate surface area is 154 Å². The molecule has 1 amide bonds. The van der Waals surface area contributed by atoms with E-state index in [-0.39, 0.29) is 16.8 Å². The molecular weight excluding hydrogens is 360 g/mol. The number of carbonyl (C=O) groups is 1. The van der Waals surface area contributed by atoms with Gasteiger partial charge in [0, 0.05) is 17.6 Å². The predicted octanol–water partition coefficient (Wildman–Crippen LogP) is 3.33. The van der Waals surface area contributed by atoms with Crippen molar-refractivity contribution in [1.82, 2.24) is 9.62 Å². The van der Waals surface area contributed by atoms with E-state index in [1.165, 1.54) is 29.3 Å². The third-order valence-electron chi connectivity index (χ3n) is 5.13. The van der Waals surface area contributed by atoms with Gasteiger partial charge in [-0.25, -0.2) is 8.42 Å². The summed E-state index contributed by atoms with van der Waals surface area (Å²) in [5, 5.41) is 3.59. The van der Waals surface area contributed by atoms with E-state index in [1.807, 2.05) is 0 Å². The summed E-state index contributed by atoms with van der Waals surface area (Å²) in [6.07, 6.45) is 7.94. The van der Waals surface area contributed by atoms with Gasteiger partial charge in [0.1, 0.15) is 6.04 Å². The first-order valence-corrected chi connectivity index (χ1v) is 10.9. The lowest BCUT2D eigenvalue weighted by Gasteiger charge is -2.25. The Hall–Kier alpha value is -1.11. The Kier molecular flexibility index (Phi) is 6.02. The Morgan fingerprint density at radius 3 is 2.28 bits per heavy atom. The molecule has 1 saturated carbocycles. The normalized spacial score (nSPS) is 23.3. The minimum Gasteiger partial charge on any atom is -0.352 e. The number of sulfonamides is 1. The first-order valence-electron chi connectivity index (χ1n) is 9.06. The molecule has 3 rings (SSSR count). The molecule has 2 fully saturated rings. The lowest BCUT2D eigenvalue weighted by molar-refractivity contribution is -0.125. The Morgan fingerprint density at radius 1 is 1.00 bits per heavy atom. The predicted molar refractivity (Wildman–Crippen MR) is 98.0 cm³/mol. The molecule has 1 aromatic rings. The number of rotatable bonds is 4. The monoisotopic (exact) mass is 384 g/mol. The molecule has 1 heterocycles. The van der Waals surface area contributed by atoms with Crippen LogP contribution in [0.2, 0.25) is 5.02 Å². The van der Waals surface area contributed by atoms with E-state index in [9.17, 15) is 13.2 Å². The van der Waals surface area contributed by atoms with Gasteiger partial charge in [-0.05, 0) is 49.9 Å². The van der Waals surface area contributed by atoms with Gasteiger partial charge in [0.05, 0.1) is 4.90 Å². The van der Waals surface area contributed by atoms with Crippen LogP contribution < -0.4 is 5.32 Å². The van der Waals surface area contributed by atoms with Crippen molar-refractivity contribution < 1.29 is 13.2 Å². The van der Waals surface area contributed by atoms with Crippen LogP contribution in [-0.2, 0) is 14.8 Å². The van der Waals surface area contributed by atoms with Crippen molar-refractivity contribution in [1.29, 1.82) is 0 Å². The quantitative estimate of drug-likeness (QED) is 0.809. The van der Waals surface area contributed by atoms with Crippen molar-refractivity contribution >= 4 is 27.5 Å². The maximum Gasteiger partial charge on any atom is 0.243 e. The maximum atomic E-state index is 12.9. The molecule has 2 aliphatic rings. The molecule has 1 N–H and O–H groups in total. The highest BCUT2D eigenvalue weighted by Crippen LogP contribution is 2.27. The fraction of sp³-hybridized carbons (Fsp3) is 0.611. The SMILES string of the molecule is O=C(NC1CCCCCC1)C1CCCN1S(=O)(=O)c1ccc(Cl)cc1. The molecule has 1 aromatic carbocycles. The van der Waals surface area contributed by atoms with Gasteiger partial charge in [-0.2, -0.15) is 4.31 Å². The molecule has 0 spiro atoms. The van der Waals surface area contributed by atoms with Crippen molar-refractivity contribution in [2.24, 2.45) is 0 Å². The first kappa shape index (κ1) is 18.7. The second kappa shape index (κ2) is 8.06. The summed E-state index contributed by atoms with van der Waals surface area (Å²) < 4.78 is 27.2. The van der Waals surface area contributed by atoms with Crippen LogP contribution in [-0.4, -0.2) is 37.3 Å². The Balaban J connectivity index is 1.72. The molecule has 7 heteroatoms. The molecule has 25 heavy (non-hydrogen) atoms. The third kappa shape index (κ3) is 4.36. The van der Waals surface area contributed by atoms with Gasteiger partial charge in [-0.15, -0.1) is 0 Å². The molecule has 1 saturated heterocycles. The smallest absolute Gasteiger partial charge is 0.243 e. The second-order valence-corrected chi connectivity index (χ2v) is 9.25. The van der Waals surface area contributed by atoms with Crippen LogP contribution in [0.15, 0.2) is 29.2 Å². The highest BCUT2D eigenvalue weighted by molar-refractivity contribution is 7.89. The minimum absolute atomic E-state index is 0.151. The van der Waals surface area contributed by atoms with E-state index in [0.717, 1.165) is 25.7 Å². The fourth-order valence-electron chi connectivity index (χ4n) is 3.75. The topological polar surface area (TPSA) is 66.5 Å². The van der Waals surface area contributed by atoms with Crippen LogP contribution in [0.25, 0.3) is 0 Å². The van der Waals surface area contributed by atoms with E-state index in [0.29, 0.717) is 24.4 Å². The van der Waals surface area contributed by atoms with Crippen LogP contribution in [0, 0.1) is 0 Å². The van der Waals surface area contributed by atoms with Gasteiger partial charge < -0.3 is 5.32 Å². The number of hydrogen-bond acceptors (Lipinski definition) is 3. The Morgan fingerprint density at radius 2 is 1.64 bits per heavy atom. The minimum atomic E-state index is -3.68. The van der Waals surface area contributed by atoms with Crippen LogP contribution in [0.4, 0.5) is 0 Å². The average Bonchev–Trinajstić information content (AvgIpc) is 2.96. The van der Waals surface area contributed by atoms with Gasteiger partial charge >= 0.3 is 0 Å². The average molecular weight is 385 g/mol. The van der Waals surface area contributed by atoms with Crippen molar-refractivity contribution in [3.8, 4) is 0 Å². The number of nitrogens with one attached hydrogen (secondary N) is 1. The largest absolute Gasteiger partial charge is 0.352 e. The fourth-order valence-corrected chi connectivity index (χ4v) is 5.54. The summed E-state index contributed by atoms with van der Waals surface area (Å²) in [6.45, 7) is 0.383. The van der Waals surface area contributed by atoms with Crippen LogP contribution in [0.3, 0.4) is 0 Å². The number of amides is 1. The number of carbonyl (C=O) groups excluding carboxylic acids is 1. The summed E-state index contributed by atoms with van der Waals surface area (Å²) in [5.74, 6) is -0.151. The highest BCUT2D eigenvalue weighted by atomic mass is 35.5.